The minimum atomic E-state index is -0.392. The Kier molecular flexibility index (Phi) is 6.21. The standard InChI is InChI=1S/C18H20ClN3O2/c1-3-12(2)20-17(23)13-5-4-6-16(11-13)22-18(24)21-15-9-7-14(19)8-10-15/h4-12H,3H2,1-2H3,(H,20,23)(H2,21,22,24). The fraction of sp³-hybridized carbons (Fsp3) is 0.222. The van der Waals surface area contributed by atoms with Crippen molar-refractivity contribution in [2.24, 2.45) is 0 Å². The summed E-state index contributed by atoms with van der Waals surface area (Å²) in [6, 6.07) is 13.3. The Balaban J connectivity index is 1.99. The number of benzene rings is 2. The first-order valence-electron chi connectivity index (χ1n) is 7.72. The molecule has 0 radical (unpaired) electrons. The molecule has 2 rings (SSSR count). The van der Waals surface area contributed by atoms with E-state index in [0.29, 0.717) is 22.0 Å². The van der Waals surface area contributed by atoms with E-state index in [4.69, 9.17) is 11.6 Å². The summed E-state index contributed by atoms with van der Waals surface area (Å²) in [6.07, 6.45) is 0.854. The number of amides is 3. The molecule has 2 aromatic carbocycles. The van der Waals surface area contributed by atoms with Crippen molar-refractivity contribution in [2.45, 2.75) is 26.3 Å². The Bertz CT molecular complexity index is 716. The van der Waals surface area contributed by atoms with E-state index in [2.05, 4.69) is 16.0 Å². The molecule has 0 saturated heterocycles. The smallest absolute Gasteiger partial charge is 0.323 e. The summed E-state index contributed by atoms with van der Waals surface area (Å²) in [6.45, 7) is 3.95. The molecule has 0 saturated carbocycles. The topological polar surface area (TPSA) is 70.2 Å². The van der Waals surface area contributed by atoms with Crippen LogP contribution in [0.2, 0.25) is 5.02 Å². The molecule has 5 nitrogen and oxygen atoms in total. The molecule has 0 spiro atoms. The van der Waals surface area contributed by atoms with Crippen LogP contribution in [0.25, 0.3) is 0 Å². The van der Waals surface area contributed by atoms with Crippen molar-refractivity contribution in [3.8, 4) is 0 Å². The fourth-order valence-corrected chi connectivity index (χ4v) is 2.10. The highest BCUT2D eigenvalue weighted by atomic mass is 35.5. The Morgan fingerprint density at radius 3 is 2.38 bits per heavy atom. The Morgan fingerprint density at radius 1 is 1.04 bits per heavy atom. The highest BCUT2D eigenvalue weighted by Gasteiger charge is 2.10. The lowest BCUT2D eigenvalue weighted by Crippen LogP contribution is -2.32. The van der Waals surface area contributed by atoms with E-state index >= 15 is 0 Å². The Hall–Kier alpha value is -2.53. The van der Waals surface area contributed by atoms with Crippen molar-refractivity contribution >= 4 is 34.9 Å². The average molecular weight is 346 g/mol. The van der Waals surface area contributed by atoms with Gasteiger partial charge in [-0.25, -0.2) is 4.79 Å². The van der Waals surface area contributed by atoms with Crippen LogP contribution in [0, 0.1) is 0 Å². The van der Waals surface area contributed by atoms with Crippen molar-refractivity contribution in [1.29, 1.82) is 0 Å². The quantitative estimate of drug-likeness (QED) is 0.746. The molecule has 2 aromatic rings. The predicted molar refractivity (Wildman–Crippen MR) is 97.8 cm³/mol. The van der Waals surface area contributed by atoms with Crippen molar-refractivity contribution in [3.05, 3.63) is 59.1 Å². The second-order valence-electron chi connectivity index (χ2n) is 5.45. The number of rotatable bonds is 5. The SMILES string of the molecule is CCC(C)NC(=O)c1cccc(NC(=O)Nc2ccc(Cl)cc2)c1. The van der Waals surface area contributed by atoms with E-state index in [1.165, 1.54) is 0 Å². The van der Waals surface area contributed by atoms with Crippen LogP contribution < -0.4 is 16.0 Å². The van der Waals surface area contributed by atoms with Crippen molar-refractivity contribution in [1.82, 2.24) is 5.32 Å². The lowest BCUT2D eigenvalue weighted by Gasteiger charge is -2.12. The van der Waals surface area contributed by atoms with Gasteiger partial charge in [0, 0.05) is 28.0 Å². The van der Waals surface area contributed by atoms with Gasteiger partial charge >= 0.3 is 6.03 Å². The molecular formula is C18H20ClN3O2. The molecule has 3 amide bonds. The third kappa shape index (κ3) is 5.28. The molecule has 3 N–H and O–H groups in total. The number of nitrogens with one attached hydrogen (secondary N) is 3. The normalized spacial score (nSPS) is 11.5. The van der Waals surface area contributed by atoms with Gasteiger partial charge in [0.1, 0.15) is 0 Å². The van der Waals surface area contributed by atoms with Gasteiger partial charge in [-0.2, -0.15) is 0 Å². The van der Waals surface area contributed by atoms with E-state index in [1.54, 1.807) is 48.5 Å². The largest absolute Gasteiger partial charge is 0.350 e. The van der Waals surface area contributed by atoms with Crippen LogP contribution in [0.1, 0.15) is 30.6 Å². The maximum atomic E-state index is 12.1. The number of carbonyl (C=O) groups is 2. The van der Waals surface area contributed by atoms with Crippen LogP contribution in [0.15, 0.2) is 48.5 Å². The molecule has 0 aliphatic heterocycles. The third-order valence-electron chi connectivity index (χ3n) is 3.47. The molecule has 6 heteroatoms. The first kappa shape index (κ1) is 17.8. The minimum Gasteiger partial charge on any atom is -0.350 e. The summed E-state index contributed by atoms with van der Waals surface area (Å²) in [5.74, 6) is -0.161. The number of halogens is 1. The molecule has 0 bridgehead atoms. The monoisotopic (exact) mass is 345 g/mol. The van der Waals surface area contributed by atoms with Crippen molar-refractivity contribution in [3.63, 3.8) is 0 Å². The van der Waals surface area contributed by atoms with Gasteiger partial charge in [-0.1, -0.05) is 24.6 Å². The van der Waals surface area contributed by atoms with Crippen LogP contribution in [0.3, 0.4) is 0 Å². The maximum Gasteiger partial charge on any atom is 0.323 e. The minimum absolute atomic E-state index is 0.0994. The second-order valence-corrected chi connectivity index (χ2v) is 5.89. The van der Waals surface area contributed by atoms with Gasteiger partial charge in [0.05, 0.1) is 0 Å². The zero-order valence-corrected chi connectivity index (χ0v) is 14.4. The number of urea groups is 1. The Morgan fingerprint density at radius 2 is 1.71 bits per heavy atom. The highest BCUT2D eigenvalue weighted by Crippen LogP contribution is 2.15. The number of carbonyl (C=O) groups excluding carboxylic acids is 2. The summed E-state index contributed by atoms with van der Waals surface area (Å²) in [7, 11) is 0. The van der Waals surface area contributed by atoms with Crippen molar-refractivity contribution in [2.75, 3.05) is 10.6 Å². The number of hydrogen-bond acceptors (Lipinski definition) is 2. The summed E-state index contributed by atoms with van der Waals surface area (Å²) >= 11 is 5.81. The van der Waals surface area contributed by atoms with Gasteiger partial charge in [-0.15, -0.1) is 0 Å². The van der Waals surface area contributed by atoms with Gasteiger partial charge in [0.2, 0.25) is 0 Å². The first-order valence-corrected chi connectivity index (χ1v) is 8.10. The second kappa shape index (κ2) is 8.36. The maximum absolute atomic E-state index is 12.1. The van der Waals surface area contributed by atoms with Crippen molar-refractivity contribution < 1.29 is 9.59 Å². The number of hydrogen-bond donors (Lipinski definition) is 3. The zero-order valence-electron chi connectivity index (χ0n) is 13.6. The summed E-state index contributed by atoms with van der Waals surface area (Å²) in [5, 5.41) is 8.89. The predicted octanol–water partition coefficient (Wildman–Crippen LogP) is 4.51. The van der Waals surface area contributed by atoms with E-state index in [0.717, 1.165) is 6.42 Å². The van der Waals surface area contributed by atoms with Gasteiger partial charge in [-0.05, 0) is 55.8 Å². The molecular weight excluding hydrogens is 326 g/mol. The molecule has 0 fully saturated rings. The lowest BCUT2D eigenvalue weighted by atomic mass is 10.1. The summed E-state index contributed by atoms with van der Waals surface area (Å²) in [5.41, 5.74) is 1.67. The van der Waals surface area contributed by atoms with Crippen LogP contribution >= 0.6 is 11.6 Å². The molecule has 1 atom stereocenters. The summed E-state index contributed by atoms with van der Waals surface area (Å²) in [4.78, 5) is 24.1. The van der Waals surface area contributed by atoms with E-state index in [1.807, 2.05) is 13.8 Å². The molecule has 0 aliphatic rings. The van der Waals surface area contributed by atoms with E-state index in [9.17, 15) is 9.59 Å². The summed E-state index contributed by atoms with van der Waals surface area (Å²) < 4.78 is 0. The van der Waals surface area contributed by atoms with Gasteiger partial charge in [-0.3, -0.25) is 4.79 Å². The zero-order chi connectivity index (χ0) is 17.5. The van der Waals surface area contributed by atoms with Gasteiger partial charge < -0.3 is 16.0 Å². The fourth-order valence-electron chi connectivity index (χ4n) is 1.97. The van der Waals surface area contributed by atoms with E-state index < -0.39 is 6.03 Å². The van der Waals surface area contributed by atoms with Crippen LogP contribution in [-0.4, -0.2) is 18.0 Å². The molecule has 0 heterocycles. The molecule has 1 unspecified atom stereocenters. The van der Waals surface area contributed by atoms with Crippen LogP contribution in [0.5, 0.6) is 0 Å². The van der Waals surface area contributed by atoms with E-state index in [-0.39, 0.29) is 11.9 Å². The number of anilines is 2. The first-order chi connectivity index (χ1) is 11.5. The molecule has 126 valence electrons. The molecule has 0 aromatic heterocycles. The average Bonchev–Trinajstić information content (AvgIpc) is 2.57. The van der Waals surface area contributed by atoms with Crippen LogP contribution in [0.4, 0.5) is 16.2 Å². The van der Waals surface area contributed by atoms with Gasteiger partial charge in [0.15, 0.2) is 0 Å². The van der Waals surface area contributed by atoms with Crippen LogP contribution in [-0.2, 0) is 0 Å². The molecule has 0 aliphatic carbocycles. The third-order valence-corrected chi connectivity index (χ3v) is 3.73. The van der Waals surface area contributed by atoms with Gasteiger partial charge in [0.25, 0.3) is 5.91 Å². The lowest BCUT2D eigenvalue weighted by molar-refractivity contribution is 0.0939. The Labute approximate surface area is 146 Å². The molecule has 24 heavy (non-hydrogen) atoms. The highest BCUT2D eigenvalue weighted by molar-refractivity contribution is 6.30.